The molecule has 0 bridgehead atoms. The first-order valence-corrected chi connectivity index (χ1v) is 8.37. The van der Waals surface area contributed by atoms with Crippen LogP contribution in [0.4, 0.5) is 5.82 Å². The van der Waals surface area contributed by atoms with Crippen LogP contribution in [0.2, 0.25) is 0 Å². The second kappa shape index (κ2) is 7.97. The second-order valence-electron chi connectivity index (χ2n) is 6.35. The number of hydrogen-bond donors (Lipinski definition) is 2. The van der Waals surface area contributed by atoms with Crippen molar-refractivity contribution in [3.05, 3.63) is 48.0 Å². The number of rotatable bonds is 7. The number of hydrogen-bond acceptors (Lipinski definition) is 5. The summed E-state index contributed by atoms with van der Waals surface area (Å²) in [5, 5.41) is 6.29. The summed E-state index contributed by atoms with van der Waals surface area (Å²) >= 11 is 0. The molecule has 3 rings (SSSR count). The molecule has 1 saturated heterocycles. The Hall–Kier alpha value is -2.34. The van der Waals surface area contributed by atoms with Gasteiger partial charge in [0.25, 0.3) is 0 Å². The van der Waals surface area contributed by atoms with Crippen molar-refractivity contribution in [2.75, 3.05) is 31.5 Å². The molecule has 0 aromatic carbocycles. The molecule has 0 spiro atoms. The Balaban J connectivity index is 1.36. The number of pyridine rings is 1. The molecule has 3 heterocycles. The van der Waals surface area contributed by atoms with Gasteiger partial charge < -0.3 is 15.1 Å². The summed E-state index contributed by atoms with van der Waals surface area (Å²) in [6.45, 7) is 5.74. The summed E-state index contributed by atoms with van der Waals surface area (Å²) in [6.07, 6.45) is 4.54. The molecule has 24 heavy (non-hydrogen) atoms. The third kappa shape index (κ3) is 4.83. The van der Waals surface area contributed by atoms with Crippen molar-refractivity contribution in [3.63, 3.8) is 0 Å². The van der Waals surface area contributed by atoms with E-state index in [0.717, 1.165) is 37.6 Å². The maximum atomic E-state index is 12.0. The van der Waals surface area contributed by atoms with Gasteiger partial charge in [0, 0.05) is 19.3 Å². The molecule has 0 aliphatic carbocycles. The number of anilines is 1. The highest BCUT2D eigenvalue weighted by Gasteiger charge is 2.23. The molecular formula is C18H24N4O2. The number of carbonyl (C=O) groups excluding carboxylic acids is 1. The average molecular weight is 328 g/mol. The molecule has 1 aliphatic heterocycles. The van der Waals surface area contributed by atoms with Gasteiger partial charge in [0.1, 0.15) is 11.6 Å². The van der Waals surface area contributed by atoms with E-state index in [0.29, 0.717) is 19.0 Å². The van der Waals surface area contributed by atoms with E-state index in [1.54, 1.807) is 6.26 Å². The molecule has 0 radical (unpaired) electrons. The molecule has 128 valence electrons. The Morgan fingerprint density at radius 3 is 3.17 bits per heavy atom. The van der Waals surface area contributed by atoms with Crippen molar-refractivity contribution in [1.29, 1.82) is 0 Å². The van der Waals surface area contributed by atoms with Crippen LogP contribution in [0.5, 0.6) is 0 Å². The number of likely N-dealkylation sites (tertiary alicyclic amines) is 1. The number of furan rings is 1. The fraction of sp³-hybridized carbons (Fsp3) is 0.444. The minimum absolute atomic E-state index is 0.0420. The molecule has 2 N–H and O–H groups in total. The zero-order chi connectivity index (χ0) is 16.8. The maximum Gasteiger partial charge on any atom is 0.234 e. The largest absolute Gasteiger partial charge is 0.467 e. The van der Waals surface area contributed by atoms with Crippen LogP contribution in [-0.4, -0.2) is 42.0 Å². The van der Waals surface area contributed by atoms with Gasteiger partial charge in [0.05, 0.1) is 19.4 Å². The summed E-state index contributed by atoms with van der Waals surface area (Å²) in [4.78, 5) is 18.5. The highest BCUT2D eigenvalue weighted by Crippen LogP contribution is 2.16. The summed E-state index contributed by atoms with van der Waals surface area (Å²) in [7, 11) is 0. The molecule has 1 atom stereocenters. The van der Waals surface area contributed by atoms with Crippen LogP contribution in [0.1, 0.15) is 17.7 Å². The fourth-order valence-electron chi connectivity index (χ4n) is 2.96. The summed E-state index contributed by atoms with van der Waals surface area (Å²) in [6, 6.07) is 7.72. The minimum Gasteiger partial charge on any atom is -0.467 e. The molecule has 2 aromatic heterocycles. The van der Waals surface area contributed by atoms with Crippen molar-refractivity contribution in [3.8, 4) is 0 Å². The minimum atomic E-state index is 0.0420. The van der Waals surface area contributed by atoms with Gasteiger partial charge in [-0.05, 0) is 55.6 Å². The van der Waals surface area contributed by atoms with Crippen molar-refractivity contribution < 1.29 is 9.21 Å². The van der Waals surface area contributed by atoms with Gasteiger partial charge in [-0.2, -0.15) is 0 Å². The quantitative estimate of drug-likeness (QED) is 0.814. The van der Waals surface area contributed by atoms with E-state index in [1.807, 2.05) is 24.4 Å². The zero-order valence-corrected chi connectivity index (χ0v) is 14.0. The molecule has 2 aromatic rings. The van der Waals surface area contributed by atoms with E-state index in [2.05, 4.69) is 33.5 Å². The predicted molar refractivity (Wildman–Crippen MR) is 92.6 cm³/mol. The Bertz CT molecular complexity index is 657. The Labute approximate surface area is 142 Å². The van der Waals surface area contributed by atoms with Crippen LogP contribution in [0, 0.1) is 12.8 Å². The van der Waals surface area contributed by atoms with Crippen molar-refractivity contribution in [1.82, 2.24) is 15.2 Å². The van der Waals surface area contributed by atoms with Gasteiger partial charge in [0.2, 0.25) is 5.91 Å². The van der Waals surface area contributed by atoms with E-state index in [4.69, 9.17) is 4.42 Å². The van der Waals surface area contributed by atoms with Crippen molar-refractivity contribution in [2.45, 2.75) is 19.9 Å². The highest BCUT2D eigenvalue weighted by molar-refractivity contribution is 5.77. The Morgan fingerprint density at radius 2 is 2.38 bits per heavy atom. The van der Waals surface area contributed by atoms with E-state index < -0.39 is 0 Å². The molecule has 6 nitrogen and oxygen atoms in total. The lowest BCUT2D eigenvalue weighted by Gasteiger charge is -2.16. The first kappa shape index (κ1) is 16.5. The maximum absolute atomic E-state index is 12.0. The van der Waals surface area contributed by atoms with Gasteiger partial charge in [-0.15, -0.1) is 0 Å². The molecule has 1 fully saturated rings. The third-order valence-electron chi connectivity index (χ3n) is 4.26. The van der Waals surface area contributed by atoms with Crippen molar-refractivity contribution >= 4 is 11.7 Å². The topological polar surface area (TPSA) is 70.4 Å². The molecule has 1 aliphatic rings. The average Bonchev–Trinajstić information content (AvgIpc) is 3.23. The van der Waals surface area contributed by atoms with Crippen LogP contribution < -0.4 is 10.6 Å². The lowest BCUT2D eigenvalue weighted by Crippen LogP contribution is -2.36. The van der Waals surface area contributed by atoms with Gasteiger partial charge in [-0.1, -0.05) is 0 Å². The molecule has 6 heteroatoms. The van der Waals surface area contributed by atoms with Crippen LogP contribution >= 0.6 is 0 Å². The summed E-state index contributed by atoms with van der Waals surface area (Å²) < 4.78 is 5.21. The number of aromatic nitrogens is 1. The first-order valence-electron chi connectivity index (χ1n) is 8.37. The normalized spacial score (nSPS) is 17.8. The van der Waals surface area contributed by atoms with Crippen LogP contribution in [0.3, 0.4) is 0 Å². The number of amides is 1. The first-order chi connectivity index (χ1) is 11.7. The van der Waals surface area contributed by atoms with E-state index in [1.165, 1.54) is 5.56 Å². The third-order valence-corrected chi connectivity index (χ3v) is 4.26. The molecule has 0 saturated carbocycles. The summed E-state index contributed by atoms with van der Waals surface area (Å²) in [5.41, 5.74) is 1.20. The van der Waals surface area contributed by atoms with E-state index in [9.17, 15) is 4.79 Å². The number of nitrogens with zero attached hydrogens (tertiary/aromatic N) is 2. The van der Waals surface area contributed by atoms with Gasteiger partial charge in [-0.3, -0.25) is 9.69 Å². The van der Waals surface area contributed by atoms with Crippen LogP contribution in [0.25, 0.3) is 0 Å². The van der Waals surface area contributed by atoms with Gasteiger partial charge >= 0.3 is 0 Å². The Kier molecular flexibility index (Phi) is 5.48. The standard InChI is InChI=1S/C18H24N4O2/c1-14-4-6-19-17(9-14)20-10-15-5-7-22(12-15)13-18(23)21-11-16-3-2-8-24-16/h2-4,6,8-9,15H,5,7,10-13H2,1H3,(H,19,20)(H,21,23)/t15-/m0/s1. The monoisotopic (exact) mass is 328 g/mol. The lowest BCUT2D eigenvalue weighted by molar-refractivity contribution is -0.122. The second-order valence-corrected chi connectivity index (χ2v) is 6.35. The zero-order valence-electron chi connectivity index (χ0n) is 14.0. The van der Waals surface area contributed by atoms with Gasteiger partial charge in [-0.25, -0.2) is 4.98 Å². The molecular weight excluding hydrogens is 304 g/mol. The van der Waals surface area contributed by atoms with Gasteiger partial charge in [0.15, 0.2) is 0 Å². The Morgan fingerprint density at radius 1 is 1.46 bits per heavy atom. The number of nitrogens with one attached hydrogen (secondary N) is 2. The highest BCUT2D eigenvalue weighted by atomic mass is 16.3. The molecule has 0 unspecified atom stereocenters. The number of aryl methyl sites for hydroxylation is 1. The summed E-state index contributed by atoms with van der Waals surface area (Å²) in [5.74, 6) is 2.28. The SMILES string of the molecule is Cc1ccnc(NC[C@@H]2CCN(CC(=O)NCc3ccco3)C2)c1. The number of carbonyl (C=O) groups is 1. The van der Waals surface area contributed by atoms with Crippen molar-refractivity contribution in [2.24, 2.45) is 5.92 Å². The van der Waals surface area contributed by atoms with E-state index >= 15 is 0 Å². The van der Waals surface area contributed by atoms with Crippen LogP contribution in [0.15, 0.2) is 41.1 Å². The van der Waals surface area contributed by atoms with E-state index in [-0.39, 0.29) is 5.91 Å². The van der Waals surface area contributed by atoms with Crippen LogP contribution in [-0.2, 0) is 11.3 Å². The fourth-order valence-corrected chi connectivity index (χ4v) is 2.96. The smallest absolute Gasteiger partial charge is 0.234 e. The molecule has 1 amide bonds. The predicted octanol–water partition coefficient (Wildman–Crippen LogP) is 2.03. The lowest BCUT2D eigenvalue weighted by atomic mass is 10.1.